The molecule has 1 aliphatic rings. The minimum atomic E-state index is 0.0447. The van der Waals surface area contributed by atoms with Crippen LogP contribution in [-0.4, -0.2) is 35.4 Å². The summed E-state index contributed by atoms with van der Waals surface area (Å²) in [6.07, 6.45) is 4.05. The number of amides is 1. The first-order valence-electron chi connectivity index (χ1n) is 8.07. The maximum atomic E-state index is 11.8. The van der Waals surface area contributed by atoms with E-state index in [4.69, 9.17) is 9.15 Å². The number of nitrogens with zero attached hydrogens (tertiary/aromatic N) is 2. The molecule has 3 rings (SSSR count). The zero-order valence-corrected chi connectivity index (χ0v) is 13.0. The highest BCUT2D eigenvalue weighted by Gasteiger charge is 2.16. The van der Waals surface area contributed by atoms with Crippen LogP contribution < -0.4 is 5.32 Å². The molecule has 1 fully saturated rings. The fraction of sp³-hybridized carbons (Fsp3) is 0.471. The van der Waals surface area contributed by atoms with Gasteiger partial charge in [0.25, 0.3) is 0 Å². The molecule has 2 heterocycles. The number of nitrogens with one attached hydrogen (secondary N) is 1. The Hall–Kier alpha value is -2.21. The van der Waals surface area contributed by atoms with Crippen LogP contribution in [0.4, 0.5) is 0 Å². The number of carbonyl (C=O) groups is 1. The minimum Gasteiger partial charge on any atom is -0.421 e. The number of aromatic nitrogens is 2. The molecule has 1 aliphatic heterocycles. The maximum Gasteiger partial charge on any atom is 0.247 e. The molecule has 0 bridgehead atoms. The van der Waals surface area contributed by atoms with E-state index in [1.165, 1.54) is 0 Å². The van der Waals surface area contributed by atoms with E-state index in [9.17, 15) is 4.79 Å². The van der Waals surface area contributed by atoms with Gasteiger partial charge in [0.1, 0.15) is 0 Å². The lowest BCUT2D eigenvalue weighted by atomic mass is 10.2. The molecule has 122 valence electrons. The van der Waals surface area contributed by atoms with Crippen molar-refractivity contribution in [3.05, 3.63) is 36.2 Å². The molecule has 0 saturated carbocycles. The van der Waals surface area contributed by atoms with Gasteiger partial charge in [-0.05, 0) is 31.4 Å². The number of ether oxygens (including phenoxy) is 1. The quantitative estimate of drug-likeness (QED) is 0.848. The smallest absolute Gasteiger partial charge is 0.247 e. The third-order valence-corrected chi connectivity index (χ3v) is 3.83. The van der Waals surface area contributed by atoms with Crippen LogP contribution in [0, 0.1) is 0 Å². The Morgan fingerprint density at radius 2 is 2.13 bits per heavy atom. The molecular weight excluding hydrogens is 294 g/mol. The summed E-state index contributed by atoms with van der Waals surface area (Å²) in [6, 6.07) is 9.65. The van der Waals surface area contributed by atoms with Crippen molar-refractivity contribution in [2.45, 2.75) is 38.2 Å². The monoisotopic (exact) mass is 315 g/mol. The Kier molecular flexibility index (Phi) is 5.37. The van der Waals surface area contributed by atoms with E-state index >= 15 is 0 Å². The van der Waals surface area contributed by atoms with Gasteiger partial charge < -0.3 is 14.5 Å². The Balaban J connectivity index is 1.39. The molecule has 0 spiro atoms. The first-order valence-corrected chi connectivity index (χ1v) is 8.07. The molecule has 1 aromatic heterocycles. The third-order valence-electron chi connectivity index (χ3n) is 3.83. The van der Waals surface area contributed by atoms with E-state index in [-0.39, 0.29) is 12.0 Å². The number of rotatable bonds is 7. The van der Waals surface area contributed by atoms with Gasteiger partial charge in [0, 0.05) is 31.6 Å². The van der Waals surface area contributed by atoms with Gasteiger partial charge in [0.2, 0.25) is 17.7 Å². The molecule has 0 unspecified atom stereocenters. The fourth-order valence-electron chi connectivity index (χ4n) is 2.57. The molecule has 0 radical (unpaired) electrons. The Morgan fingerprint density at radius 1 is 1.26 bits per heavy atom. The van der Waals surface area contributed by atoms with Crippen LogP contribution in [0.5, 0.6) is 0 Å². The van der Waals surface area contributed by atoms with Gasteiger partial charge in [-0.1, -0.05) is 18.2 Å². The van der Waals surface area contributed by atoms with Gasteiger partial charge in [0.15, 0.2) is 0 Å². The Labute approximate surface area is 135 Å². The van der Waals surface area contributed by atoms with Gasteiger partial charge in [-0.15, -0.1) is 10.2 Å². The Bertz CT molecular complexity index is 621. The normalized spacial score (nSPS) is 17.3. The lowest BCUT2D eigenvalue weighted by Crippen LogP contribution is -2.31. The zero-order chi connectivity index (χ0) is 15.9. The summed E-state index contributed by atoms with van der Waals surface area (Å²) in [6.45, 7) is 1.42. The first kappa shape index (κ1) is 15.7. The van der Waals surface area contributed by atoms with Gasteiger partial charge in [-0.3, -0.25) is 4.79 Å². The minimum absolute atomic E-state index is 0.0447. The van der Waals surface area contributed by atoms with Crippen molar-refractivity contribution in [1.82, 2.24) is 15.5 Å². The lowest BCUT2D eigenvalue weighted by molar-refractivity contribution is -0.121. The SMILES string of the molecule is O=C(CCCc1nnc(-c2ccccc2)o1)NC[C@@H]1CCCO1. The molecule has 23 heavy (non-hydrogen) atoms. The third kappa shape index (κ3) is 4.63. The summed E-state index contributed by atoms with van der Waals surface area (Å²) in [5.41, 5.74) is 0.903. The highest BCUT2D eigenvalue weighted by molar-refractivity contribution is 5.75. The summed E-state index contributed by atoms with van der Waals surface area (Å²) >= 11 is 0. The average molecular weight is 315 g/mol. The molecule has 1 saturated heterocycles. The molecule has 1 atom stereocenters. The van der Waals surface area contributed by atoms with E-state index in [0.717, 1.165) is 25.0 Å². The second kappa shape index (κ2) is 7.87. The topological polar surface area (TPSA) is 77.2 Å². The van der Waals surface area contributed by atoms with Gasteiger partial charge in [0.05, 0.1) is 6.10 Å². The van der Waals surface area contributed by atoms with E-state index in [1.54, 1.807) is 0 Å². The molecule has 1 amide bonds. The summed E-state index contributed by atoms with van der Waals surface area (Å²) < 4.78 is 11.1. The Morgan fingerprint density at radius 3 is 2.91 bits per heavy atom. The number of carbonyl (C=O) groups excluding carboxylic acids is 1. The van der Waals surface area contributed by atoms with Crippen molar-refractivity contribution in [1.29, 1.82) is 0 Å². The molecule has 1 aromatic carbocycles. The number of benzene rings is 1. The molecule has 6 nitrogen and oxygen atoms in total. The van der Waals surface area contributed by atoms with Gasteiger partial charge in [-0.2, -0.15) is 0 Å². The zero-order valence-electron chi connectivity index (χ0n) is 13.0. The first-order chi connectivity index (χ1) is 11.3. The number of hydrogen-bond donors (Lipinski definition) is 1. The number of aryl methyl sites for hydroxylation is 1. The second-order valence-electron chi connectivity index (χ2n) is 5.66. The van der Waals surface area contributed by atoms with Crippen molar-refractivity contribution in [3.8, 4) is 11.5 Å². The van der Waals surface area contributed by atoms with E-state index < -0.39 is 0 Å². The van der Waals surface area contributed by atoms with Crippen LogP contribution in [0.15, 0.2) is 34.7 Å². The highest BCUT2D eigenvalue weighted by atomic mass is 16.5. The predicted octanol–water partition coefficient (Wildman–Crippen LogP) is 2.35. The number of hydrogen-bond acceptors (Lipinski definition) is 5. The standard InChI is InChI=1S/C17H21N3O3/c21-15(18-12-14-8-5-11-22-14)9-4-10-16-19-20-17(23-16)13-6-2-1-3-7-13/h1-3,6-7,14H,4-5,8-12H2,(H,18,21)/t14-/m0/s1. The van der Waals surface area contributed by atoms with Crippen LogP contribution in [0.25, 0.3) is 11.5 Å². The largest absolute Gasteiger partial charge is 0.421 e. The van der Waals surface area contributed by atoms with Crippen molar-refractivity contribution in [3.63, 3.8) is 0 Å². The van der Waals surface area contributed by atoms with Crippen molar-refractivity contribution < 1.29 is 13.9 Å². The van der Waals surface area contributed by atoms with E-state index in [2.05, 4.69) is 15.5 Å². The maximum absolute atomic E-state index is 11.8. The summed E-state index contributed by atoms with van der Waals surface area (Å²) in [7, 11) is 0. The molecule has 0 aliphatic carbocycles. The van der Waals surface area contributed by atoms with Crippen LogP contribution in [-0.2, 0) is 16.0 Å². The predicted molar refractivity (Wildman–Crippen MR) is 84.7 cm³/mol. The lowest BCUT2D eigenvalue weighted by Gasteiger charge is -2.10. The fourth-order valence-corrected chi connectivity index (χ4v) is 2.57. The van der Waals surface area contributed by atoms with Crippen LogP contribution in [0.2, 0.25) is 0 Å². The second-order valence-corrected chi connectivity index (χ2v) is 5.66. The van der Waals surface area contributed by atoms with Crippen LogP contribution in [0.3, 0.4) is 0 Å². The van der Waals surface area contributed by atoms with Crippen molar-refractivity contribution in [2.75, 3.05) is 13.2 Å². The summed E-state index contributed by atoms with van der Waals surface area (Å²) in [5.74, 6) is 1.13. The average Bonchev–Trinajstić information content (AvgIpc) is 3.26. The summed E-state index contributed by atoms with van der Waals surface area (Å²) in [4.78, 5) is 11.8. The van der Waals surface area contributed by atoms with Crippen LogP contribution >= 0.6 is 0 Å². The molecule has 6 heteroatoms. The molecule has 2 aromatic rings. The van der Waals surface area contributed by atoms with E-state index in [1.807, 2.05) is 30.3 Å². The molecular formula is C17H21N3O3. The van der Waals surface area contributed by atoms with Gasteiger partial charge >= 0.3 is 0 Å². The highest BCUT2D eigenvalue weighted by Crippen LogP contribution is 2.17. The van der Waals surface area contributed by atoms with Crippen LogP contribution in [0.1, 0.15) is 31.6 Å². The molecule has 1 N–H and O–H groups in total. The van der Waals surface area contributed by atoms with E-state index in [0.29, 0.717) is 37.6 Å². The van der Waals surface area contributed by atoms with Crippen molar-refractivity contribution in [2.24, 2.45) is 0 Å². The summed E-state index contributed by atoms with van der Waals surface area (Å²) in [5, 5.41) is 11.0. The van der Waals surface area contributed by atoms with Crippen molar-refractivity contribution >= 4 is 5.91 Å². The van der Waals surface area contributed by atoms with Gasteiger partial charge in [-0.25, -0.2) is 0 Å².